The third kappa shape index (κ3) is 5.38. The molecule has 0 aliphatic carbocycles. The second-order valence-electron chi connectivity index (χ2n) is 7.23. The summed E-state index contributed by atoms with van der Waals surface area (Å²) in [6, 6.07) is 22.8. The summed E-state index contributed by atoms with van der Waals surface area (Å²) in [7, 11) is 1.59. The summed E-state index contributed by atoms with van der Waals surface area (Å²) in [6.45, 7) is 2.79. The maximum Gasteiger partial charge on any atom is 0.270 e. The van der Waals surface area contributed by atoms with E-state index in [1.807, 2.05) is 85.8 Å². The molecule has 1 fully saturated rings. The Labute approximate surface area is 203 Å². The minimum atomic E-state index is -0.135. The number of hydrogen-bond acceptors (Lipinski definition) is 6. The third-order valence-corrected chi connectivity index (χ3v) is 6.29. The van der Waals surface area contributed by atoms with Crippen molar-refractivity contribution in [2.24, 2.45) is 0 Å². The van der Waals surface area contributed by atoms with Crippen molar-refractivity contribution >= 4 is 46.0 Å². The van der Waals surface area contributed by atoms with Gasteiger partial charge in [0.25, 0.3) is 5.91 Å². The van der Waals surface area contributed by atoms with Crippen LogP contribution in [-0.4, -0.2) is 30.6 Å². The Bertz CT molecular complexity index is 1190. The molecule has 3 aromatic carbocycles. The molecule has 1 saturated heterocycles. The zero-order valence-corrected chi connectivity index (χ0v) is 19.9. The number of hydrogen-bond donors (Lipinski definition) is 0. The molecule has 0 aromatic heterocycles. The van der Waals surface area contributed by atoms with E-state index in [0.717, 1.165) is 22.6 Å². The van der Waals surface area contributed by atoms with E-state index in [9.17, 15) is 4.79 Å². The van der Waals surface area contributed by atoms with Crippen LogP contribution in [0, 0.1) is 6.92 Å². The summed E-state index contributed by atoms with van der Waals surface area (Å²) in [6.07, 6.45) is 1.82. The zero-order chi connectivity index (χ0) is 23.2. The van der Waals surface area contributed by atoms with Crippen LogP contribution in [0.25, 0.3) is 6.08 Å². The van der Waals surface area contributed by atoms with E-state index in [2.05, 4.69) is 0 Å². The standard InChI is InChI=1S/C26H23NO4S2/c1-18-8-6-7-11-21(18)30-14-15-31-22-13-12-19(16-23(22)29-2)17-24-25(28)27(26(32)33-24)20-9-4-3-5-10-20/h3-13,16-17H,14-15H2,1-2H3/b24-17-. The van der Waals surface area contributed by atoms with Crippen LogP contribution in [0.3, 0.4) is 0 Å². The van der Waals surface area contributed by atoms with Crippen molar-refractivity contribution in [2.75, 3.05) is 25.2 Å². The van der Waals surface area contributed by atoms with Gasteiger partial charge in [-0.3, -0.25) is 9.69 Å². The molecule has 33 heavy (non-hydrogen) atoms. The second kappa shape index (κ2) is 10.6. The molecule has 1 aliphatic rings. The highest BCUT2D eigenvalue weighted by molar-refractivity contribution is 8.27. The number of aryl methyl sites for hydroxylation is 1. The van der Waals surface area contributed by atoms with Crippen LogP contribution >= 0.6 is 24.0 Å². The summed E-state index contributed by atoms with van der Waals surface area (Å²) in [4.78, 5) is 15.0. The summed E-state index contributed by atoms with van der Waals surface area (Å²) in [5, 5.41) is 0. The molecule has 0 spiro atoms. The predicted octanol–water partition coefficient (Wildman–Crippen LogP) is 5.87. The number of carbonyl (C=O) groups is 1. The highest BCUT2D eigenvalue weighted by Gasteiger charge is 2.33. The van der Waals surface area contributed by atoms with Gasteiger partial charge in [-0.05, 0) is 54.5 Å². The van der Waals surface area contributed by atoms with Crippen molar-refractivity contribution in [2.45, 2.75) is 6.92 Å². The van der Waals surface area contributed by atoms with Crippen LogP contribution in [0.4, 0.5) is 5.69 Å². The van der Waals surface area contributed by atoms with Crippen LogP contribution in [0.1, 0.15) is 11.1 Å². The molecule has 0 radical (unpaired) electrons. The Hall–Kier alpha value is -3.29. The molecule has 0 saturated carbocycles. The summed E-state index contributed by atoms with van der Waals surface area (Å²) in [5.41, 5.74) is 2.67. The molecule has 0 bridgehead atoms. The second-order valence-corrected chi connectivity index (χ2v) is 8.90. The summed E-state index contributed by atoms with van der Waals surface area (Å²) < 4.78 is 17.6. The monoisotopic (exact) mass is 477 g/mol. The number of thiocarbonyl (C=S) groups is 1. The van der Waals surface area contributed by atoms with Crippen molar-refractivity contribution in [3.63, 3.8) is 0 Å². The Balaban J connectivity index is 1.42. The molecule has 0 atom stereocenters. The minimum absolute atomic E-state index is 0.135. The fourth-order valence-electron chi connectivity index (χ4n) is 3.33. The lowest BCUT2D eigenvalue weighted by molar-refractivity contribution is -0.113. The van der Waals surface area contributed by atoms with Gasteiger partial charge in [-0.2, -0.15) is 0 Å². The van der Waals surface area contributed by atoms with E-state index < -0.39 is 0 Å². The first-order valence-corrected chi connectivity index (χ1v) is 11.6. The zero-order valence-electron chi connectivity index (χ0n) is 18.3. The Morgan fingerprint density at radius 2 is 1.61 bits per heavy atom. The molecule has 5 nitrogen and oxygen atoms in total. The highest BCUT2D eigenvalue weighted by Crippen LogP contribution is 2.37. The van der Waals surface area contributed by atoms with Crippen molar-refractivity contribution in [3.8, 4) is 17.2 Å². The normalized spacial score (nSPS) is 14.6. The number of anilines is 1. The molecule has 4 rings (SSSR count). The first kappa shape index (κ1) is 22.9. The number of ether oxygens (including phenoxy) is 3. The Morgan fingerprint density at radius 3 is 2.33 bits per heavy atom. The lowest BCUT2D eigenvalue weighted by atomic mass is 10.2. The van der Waals surface area contributed by atoms with Crippen LogP contribution in [0.2, 0.25) is 0 Å². The van der Waals surface area contributed by atoms with Gasteiger partial charge >= 0.3 is 0 Å². The number of benzene rings is 3. The van der Waals surface area contributed by atoms with Crippen molar-refractivity contribution < 1.29 is 19.0 Å². The Kier molecular flexibility index (Phi) is 7.32. The molecular weight excluding hydrogens is 454 g/mol. The molecule has 7 heteroatoms. The smallest absolute Gasteiger partial charge is 0.270 e. The molecule has 1 heterocycles. The van der Waals surface area contributed by atoms with Crippen molar-refractivity contribution in [1.82, 2.24) is 0 Å². The van der Waals surface area contributed by atoms with E-state index in [-0.39, 0.29) is 5.91 Å². The number of amides is 1. The Morgan fingerprint density at radius 1 is 0.909 bits per heavy atom. The number of nitrogens with zero attached hydrogens (tertiary/aromatic N) is 1. The molecule has 0 unspecified atom stereocenters. The highest BCUT2D eigenvalue weighted by atomic mass is 32.2. The van der Waals surface area contributed by atoms with Crippen LogP contribution in [0.15, 0.2) is 77.7 Å². The van der Waals surface area contributed by atoms with Gasteiger partial charge in [-0.15, -0.1) is 0 Å². The molecule has 0 N–H and O–H groups in total. The number of thioether (sulfide) groups is 1. The van der Waals surface area contributed by atoms with Crippen molar-refractivity contribution in [1.29, 1.82) is 0 Å². The van der Waals surface area contributed by atoms with Gasteiger partial charge in [0.1, 0.15) is 19.0 Å². The molecule has 3 aromatic rings. The maximum atomic E-state index is 12.9. The average Bonchev–Trinajstić information content (AvgIpc) is 3.11. The number of para-hydroxylation sites is 2. The lowest BCUT2D eigenvalue weighted by Crippen LogP contribution is -2.27. The van der Waals surface area contributed by atoms with Gasteiger partial charge in [0.15, 0.2) is 15.8 Å². The van der Waals surface area contributed by atoms with Gasteiger partial charge in [0, 0.05) is 0 Å². The van der Waals surface area contributed by atoms with E-state index in [1.54, 1.807) is 12.0 Å². The molecule has 1 amide bonds. The van der Waals surface area contributed by atoms with Crippen molar-refractivity contribution in [3.05, 3.63) is 88.8 Å². The summed E-state index contributed by atoms with van der Waals surface area (Å²) >= 11 is 6.72. The first-order chi connectivity index (χ1) is 16.1. The number of rotatable bonds is 8. The van der Waals surface area contributed by atoms with Gasteiger partial charge in [-0.1, -0.05) is 66.4 Å². The van der Waals surface area contributed by atoms with Gasteiger partial charge in [-0.25, -0.2) is 0 Å². The summed E-state index contributed by atoms with van der Waals surface area (Å²) in [5.74, 6) is 1.90. The lowest BCUT2D eigenvalue weighted by Gasteiger charge is -2.14. The quantitative estimate of drug-likeness (QED) is 0.230. The fourth-order valence-corrected chi connectivity index (χ4v) is 4.63. The fraction of sp³-hybridized carbons (Fsp3) is 0.154. The average molecular weight is 478 g/mol. The number of carbonyl (C=O) groups excluding carboxylic acids is 1. The maximum absolute atomic E-state index is 12.9. The van der Waals surface area contributed by atoms with Crippen LogP contribution < -0.4 is 19.1 Å². The van der Waals surface area contributed by atoms with E-state index in [0.29, 0.717) is 33.9 Å². The number of methoxy groups -OCH3 is 1. The van der Waals surface area contributed by atoms with E-state index in [4.69, 9.17) is 26.4 Å². The third-order valence-electron chi connectivity index (χ3n) is 4.99. The van der Waals surface area contributed by atoms with Crippen LogP contribution in [0.5, 0.6) is 17.2 Å². The van der Waals surface area contributed by atoms with Gasteiger partial charge < -0.3 is 14.2 Å². The van der Waals surface area contributed by atoms with Gasteiger partial charge in [0.2, 0.25) is 0 Å². The van der Waals surface area contributed by atoms with Gasteiger partial charge in [0.05, 0.1) is 17.7 Å². The molecular formula is C26H23NO4S2. The minimum Gasteiger partial charge on any atom is -0.493 e. The van der Waals surface area contributed by atoms with E-state index in [1.165, 1.54) is 11.8 Å². The predicted molar refractivity (Wildman–Crippen MR) is 137 cm³/mol. The molecule has 1 aliphatic heterocycles. The first-order valence-electron chi connectivity index (χ1n) is 10.4. The largest absolute Gasteiger partial charge is 0.493 e. The van der Waals surface area contributed by atoms with E-state index >= 15 is 0 Å². The molecule has 168 valence electrons. The topological polar surface area (TPSA) is 48.0 Å². The SMILES string of the molecule is COc1cc(/C=C2\SC(=S)N(c3ccccc3)C2=O)ccc1OCCOc1ccccc1C. The van der Waals surface area contributed by atoms with Crippen LogP contribution in [-0.2, 0) is 4.79 Å².